The molecule has 2 amide bonds. The lowest BCUT2D eigenvalue weighted by molar-refractivity contribution is -0.147. The molecule has 0 aliphatic carbocycles. The molecule has 3 rings (SSSR count). The molecule has 1 saturated heterocycles. The summed E-state index contributed by atoms with van der Waals surface area (Å²) in [5.41, 5.74) is 2.28. The molecule has 2 N–H and O–H groups in total. The molecule has 28 heavy (non-hydrogen) atoms. The van der Waals surface area contributed by atoms with Gasteiger partial charge in [0.2, 0.25) is 11.8 Å². The van der Waals surface area contributed by atoms with Gasteiger partial charge in [0.05, 0.1) is 12.5 Å². The fraction of sp³-hybridized carbons (Fsp3) is 0.476. The molecule has 1 aliphatic heterocycles. The second kappa shape index (κ2) is 8.91. The first-order chi connectivity index (χ1) is 13.5. The number of likely N-dealkylation sites (N-methyl/N-ethyl adjacent to an activating group) is 1. The highest BCUT2D eigenvalue weighted by Gasteiger charge is 2.28. The third kappa shape index (κ3) is 4.71. The second-order valence-electron chi connectivity index (χ2n) is 7.48. The Bertz CT molecular complexity index is 860. The molecule has 1 unspecified atom stereocenters. The highest BCUT2D eigenvalue weighted by Crippen LogP contribution is 2.20. The van der Waals surface area contributed by atoms with Gasteiger partial charge in [-0.1, -0.05) is 18.2 Å². The molecular weight excluding hydrogens is 358 g/mol. The van der Waals surface area contributed by atoms with Crippen LogP contribution in [0.4, 0.5) is 0 Å². The molecule has 0 spiro atoms. The van der Waals surface area contributed by atoms with E-state index in [9.17, 15) is 14.4 Å². The van der Waals surface area contributed by atoms with Crippen LogP contribution < -0.4 is 0 Å². The molecule has 150 valence electrons. The summed E-state index contributed by atoms with van der Waals surface area (Å²) in [6.45, 7) is 0.792. The van der Waals surface area contributed by atoms with E-state index in [1.165, 1.54) is 15.8 Å². The molecule has 2 aromatic rings. The van der Waals surface area contributed by atoms with Crippen molar-refractivity contribution in [2.45, 2.75) is 32.1 Å². The Balaban J connectivity index is 1.45. The maximum atomic E-state index is 12.4. The van der Waals surface area contributed by atoms with E-state index in [1.54, 1.807) is 11.9 Å². The number of carboxylic acids is 1. The summed E-state index contributed by atoms with van der Waals surface area (Å²) in [6.07, 6.45) is 5.15. The minimum absolute atomic E-state index is 0.00173. The zero-order chi connectivity index (χ0) is 20.1. The Hall–Kier alpha value is -2.83. The van der Waals surface area contributed by atoms with Crippen LogP contribution in [0.5, 0.6) is 0 Å². The molecule has 7 heteroatoms. The number of aromatic amines is 1. The largest absolute Gasteiger partial charge is 0.481 e. The highest BCUT2D eigenvalue weighted by molar-refractivity contribution is 5.85. The first-order valence-corrected chi connectivity index (χ1v) is 9.75. The molecule has 1 atom stereocenters. The summed E-state index contributed by atoms with van der Waals surface area (Å²) in [5, 5.41) is 10.3. The first kappa shape index (κ1) is 19.9. The number of nitrogens with one attached hydrogen (secondary N) is 1. The minimum Gasteiger partial charge on any atom is -0.481 e. The Kier molecular flexibility index (Phi) is 6.34. The Morgan fingerprint density at radius 3 is 2.86 bits per heavy atom. The molecule has 7 nitrogen and oxygen atoms in total. The smallest absolute Gasteiger partial charge is 0.308 e. The van der Waals surface area contributed by atoms with Crippen molar-refractivity contribution in [3.63, 3.8) is 0 Å². The lowest BCUT2D eigenvalue weighted by Crippen LogP contribution is -2.46. The Morgan fingerprint density at radius 2 is 2.07 bits per heavy atom. The third-order valence-electron chi connectivity index (χ3n) is 5.43. The Labute approximate surface area is 164 Å². The van der Waals surface area contributed by atoms with Gasteiger partial charge in [0.25, 0.3) is 0 Å². The summed E-state index contributed by atoms with van der Waals surface area (Å²) in [6, 6.07) is 8.08. The van der Waals surface area contributed by atoms with Crippen LogP contribution in [0.2, 0.25) is 0 Å². The van der Waals surface area contributed by atoms with Crippen LogP contribution in [0.25, 0.3) is 10.9 Å². The van der Waals surface area contributed by atoms with Gasteiger partial charge in [0, 0.05) is 43.7 Å². The van der Waals surface area contributed by atoms with Crippen molar-refractivity contribution in [2.75, 3.05) is 26.7 Å². The number of aliphatic carboxylic acids is 1. The number of H-pyrrole nitrogens is 1. The number of carboxylic acid groups (broad SMARTS) is 1. The third-order valence-corrected chi connectivity index (χ3v) is 5.43. The van der Waals surface area contributed by atoms with Gasteiger partial charge in [0.1, 0.15) is 0 Å². The molecule has 0 saturated carbocycles. The number of fused-ring (bicyclic) bond motifs is 1. The number of hydrogen-bond acceptors (Lipinski definition) is 3. The molecule has 1 aliphatic rings. The summed E-state index contributed by atoms with van der Waals surface area (Å²) >= 11 is 0. The molecule has 0 radical (unpaired) electrons. The number of benzene rings is 1. The second-order valence-corrected chi connectivity index (χ2v) is 7.48. The highest BCUT2D eigenvalue weighted by atomic mass is 16.4. The number of piperidine rings is 1. The lowest BCUT2D eigenvalue weighted by atomic mass is 9.98. The van der Waals surface area contributed by atoms with Crippen LogP contribution in [0.3, 0.4) is 0 Å². The van der Waals surface area contributed by atoms with Gasteiger partial charge in [-0.05, 0) is 37.3 Å². The molecule has 1 aromatic heterocycles. The SMILES string of the molecule is CN(CC(=O)N1CCCC(C(=O)O)C1)C(=O)CCCc1c[nH]c2ccccc12. The van der Waals surface area contributed by atoms with Crippen molar-refractivity contribution in [1.29, 1.82) is 0 Å². The summed E-state index contributed by atoms with van der Waals surface area (Å²) in [4.78, 5) is 42.2. The van der Waals surface area contributed by atoms with E-state index in [1.807, 2.05) is 24.4 Å². The van der Waals surface area contributed by atoms with Gasteiger partial charge in [-0.3, -0.25) is 14.4 Å². The van der Waals surface area contributed by atoms with E-state index in [0.717, 1.165) is 11.9 Å². The average molecular weight is 385 g/mol. The summed E-state index contributed by atoms with van der Waals surface area (Å²) < 4.78 is 0. The maximum absolute atomic E-state index is 12.4. The number of carbonyl (C=O) groups is 3. The molecule has 2 heterocycles. The van der Waals surface area contributed by atoms with Crippen LogP contribution >= 0.6 is 0 Å². The first-order valence-electron chi connectivity index (χ1n) is 9.75. The molecular formula is C21H27N3O4. The quantitative estimate of drug-likeness (QED) is 0.765. The van der Waals surface area contributed by atoms with Gasteiger partial charge in [-0.15, -0.1) is 0 Å². The van der Waals surface area contributed by atoms with Crippen LogP contribution in [0.1, 0.15) is 31.2 Å². The van der Waals surface area contributed by atoms with E-state index < -0.39 is 11.9 Å². The van der Waals surface area contributed by atoms with Crippen LogP contribution in [0.15, 0.2) is 30.5 Å². The van der Waals surface area contributed by atoms with Crippen molar-refractivity contribution in [3.8, 4) is 0 Å². The van der Waals surface area contributed by atoms with Crippen LogP contribution in [0, 0.1) is 5.92 Å². The van der Waals surface area contributed by atoms with Gasteiger partial charge in [-0.25, -0.2) is 0 Å². The predicted octanol–water partition coefficient (Wildman–Crippen LogP) is 2.27. The number of aromatic nitrogens is 1. The monoisotopic (exact) mass is 385 g/mol. The normalized spacial score (nSPS) is 16.9. The average Bonchev–Trinajstić information content (AvgIpc) is 3.11. The maximum Gasteiger partial charge on any atom is 0.308 e. The molecule has 0 bridgehead atoms. The van der Waals surface area contributed by atoms with Crippen molar-refractivity contribution < 1.29 is 19.5 Å². The minimum atomic E-state index is -0.862. The Morgan fingerprint density at radius 1 is 1.29 bits per heavy atom. The van der Waals surface area contributed by atoms with Gasteiger partial charge >= 0.3 is 5.97 Å². The number of amides is 2. The number of rotatable bonds is 7. The number of likely N-dealkylation sites (tertiary alicyclic amines) is 1. The van der Waals surface area contributed by atoms with E-state index >= 15 is 0 Å². The van der Waals surface area contributed by atoms with E-state index in [4.69, 9.17) is 5.11 Å². The van der Waals surface area contributed by atoms with Crippen molar-refractivity contribution in [2.24, 2.45) is 5.92 Å². The predicted molar refractivity (Wildman–Crippen MR) is 106 cm³/mol. The number of nitrogens with zero attached hydrogens (tertiary/aromatic N) is 2. The molecule has 1 fully saturated rings. The van der Waals surface area contributed by atoms with Crippen molar-refractivity contribution >= 4 is 28.7 Å². The summed E-state index contributed by atoms with van der Waals surface area (Å²) in [7, 11) is 1.63. The summed E-state index contributed by atoms with van der Waals surface area (Å²) in [5.74, 6) is -1.62. The number of hydrogen-bond donors (Lipinski definition) is 2. The number of aryl methyl sites for hydroxylation is 1. The molecule has 1 aromatic carbocycles. The fourth-order valence-corrected chi connectivity index (χ4v) is 3.76. The van der Waals surface area contributed by atoms with E-state index in [2.05, 4.69) is 11.1 Å². The lowest BCUT2D eigenvalue weighted by Gasteiger charge is -2.32. The van der Waals surface area contributed by atoms with Crippen LogP contribution in [-0.4, -0.2) is 64.4 Å². The van der Waals surface area contributed by atoms with E-state index in [-0.39, 0.29) is 24.9 Å². The van der Waals surface area contributed by atoms with Crippen LogP contribution in [-0.2, 0) is 20.8 Å². The van der Waals surface area contributed by atoms with Gasteiger partial charge in [-0.2, -0.15) is 0 Å². The standard InChI is InChI=1S/C21H27N3O4/c1-23(14-20(26)24-11-5-7-16(13-24)21(27)28)19(25)10-4-6-15-12-22-18-9-3-2-8-17(15)18/h2-3,8-9,12,16,22H,4-7,10-11,13-14H2,1H3,(H,27,28). The van der Waals surface area contributed by atoms with Gasteiger partial charge < -0.3 is 19.9 Å². The zero-order valence-electron chi connectivity index (χ0n) is 16.2. The topological polar surface area (TPSA) is 93.7 Å². The number of carbonyl (C=O) groups excluding carboxylic acids is 2. The van der Waals surface area contributed by atoms with Gasteiger partial charge in [0.15, 0.2) is 0 Å². The van der Waals surface area contributed by atoms with Crippen molar-refractivity contribution in [1.82, 2.24) is 14.8 Å². The van der Waals surface area contributed by atoms with E-state index in [0.29, 0.717) is 32.2 Å². The zero-order valence-corrected chi connectivity index (χ0v) is 16.2. The number of para-hydroxylation sites is 1. The van der Waals surface area contributed by atoms with Crippen molar-refractivity contribution in [3.05, 3.63) is 36.0 Å². The fourth-order valence-electron chi connectivity index (χ4n) is 3.76.